The van der Waals surface area contributed by atoms with Crippen LogP contribution in [0.3, 0.4) is 0 Å². The summed E-state index contributed by atoms with van der Waals surface area (Å²) in [6, 6.07) is 7.33. The highest BCUT2D eigenvalue weighted by atomic mass is 19.4. The number of halogens is 3. The van der Waals surface area contributed by atoms with E-state index in [1.807, 2.05) is 13.8 Å². The van der Waals surface area contributed by atoms with Crippen molar-refractivity contribution in [3.8, 4) is 5.75 Å². The van der Waals surface area contributed by atoms with Gasteiger partial charge in [-0.1, -0.05) is 6.92 Å². The van der Waals surface area contributed by atoms with Crippen LogP contribution in [0.5, 0.6) is 5.75 Å². The number of aromatic nitrogens is 1. The van der Waals surface area contributed by atoms with Crippen LogP contribution in [0.4, 0.5) is 18.9 Å². The Labute approximate surface area is 261 Å². The maximum Gasteiger partial charge on any atom is 0.389 e. The predicted molar refractivity (Wildman–Crippen MR) is 162 cm³/mol. The van der Waals surface area contributed by atoms with E-state index in [1.54, 1.807) is 31.2 Å². The molecule has 248 valence electrons. The molecule has 1 aromatic heterocycles. The lowest BCUT2D eigenvalue weighted by Crippen LogP contribution is -2.48. The highest BCUT2D eigenvalue weighted by Gasteiger charge is 2.32. The van der Waals surface area contributed by atoms with Crippen molar-refractivity contribution in [3.63, 3.8) is 0 Å². The summed E-state index contributed by atoms with van der Waals surface area (Å²) in [5.74, 6) is -1.53. The Hall–Kier alpha value is -3.71. The molecule has 2 aromatic rings. The van der Waals surface area contributed by atoms with Gasteiger partial charge in [-0.05, 0) is 63.4 Å². The molecule has 0 fully saturated rings. The van der Waals surface area contributed by atoms with Gasteiger partial charge in [0.05, 0.1) is 36.8 Å². The Balaban J connectivity index is 1.91. The molecule has 0 aliphatic carbocycles. The molecule has 0 saturated carbocycles. The minimum absolute atomic E-state index is 0.0364. The zero-order chi connectivity index (χ0) is 33.1. The van der Waals surface area contributed by atoms with Gasteiger partial charge in [0, 0.05) is 62.7 Å². The number of hydrogen-bond donors (Lipinski definition) is 2. The van der Waals surface area contributed by atoms with E-state index in [0.29, 0.717) is 36.4 Å². The number of nitrogens with zero attached hydrogens (tertiary/aromatic N) is 3. The van der Waals surface area contributed by atoms with Gasteiger partial charge in [0.25, 0.3) is 11.8 Å². The van der Waals surface area contributed by atoms with E-state index in [4.69, 9.17) is 9.47 Å². The molecular weight excluding hydrogens is 593 g/mol. The number of ether oxygens (including phenoxy) is 2. The SMILES string of the molecule is C[C@@H]1CCCCO[C@H](CN(C)C(=O)CCC(F)(F)F)[C@H](C)CN([C@@H](C)CO)C(=O)c2cc(NC(=O)c3ccncc3)ccc2O1. The fourth-order valence-corrected chi connectivity index (χ4v) is 4.98. The minimum Gasteiger partial charge on any atom is -0.490 e. The number of hydrogen-bond acceptors (Lipinski definition) is 7. The van der Waals surface area contributed by atoms with E-state index in [1.165, 1.54) is 35.3 Å². The predicted octanol–water partition coefficient (Wildman–Crippen LogP) is 4.93. The lowest BCUT2D eigenvalue weighted by atomic mass is 10.0. The standard InChI is InChI=1S/C32H43F3N4O6/c1-21-18-39(22(2)20-40)31(43)26-17-25(37-30(42)24-11-14-36-15-12-24)8-9-27(26)45-23(3)7-5-6-16-44-28(21)19-38(4)29(41)10-13-32(33,34)35/h8-9,11-12,14-15,17,21-23,28,40H,5-7,10,13,16,18-20H2,1-4H3,(H,37,42)/t21-,22+,23-,28-/m1/s1. The van der Waals surface area contributed by atoms with Gasteiger partial charge in [-0.2, -0.15) is 13.2 Å². The number of carbonyl (C=O) groups is 3. The zero-order valence-corrected chi connectivity index (χ0v) is 26.2. The van der Waals surface area contributed by atoms with Gasteiger partial charge in [0.15, 0.2) is 0 Å². The number of aliphatic hydroxyl groups is 1. The number of pyridine rings is 1. The second kappa shape index (κ2) is 16.6. The summed E-state index contributed by atoms with van der Waals surface area (Å²) in [7, 11) is 1.44. The van der Waals surface area contributed by atoms with E-state index in [0.717, 1.165) is 6.42 Å². The number of amides is 3. The van der Waals surface area contributed by atoms with Crippen molar-refractivity contribution in [1.29, 1.82) is 0 Å². The van der Waals surface area contributed by atoms with E-state index >= 15 is 0 Å². The van der Waals surface area contributed by atoms with Crippen LogP contribution in [-0.2, 0) is 9.53 Å². The van der Waals surface area contributed by atoms with Crippen molar-refractivity contribution in [2.45, 2.75) is 77.3 Å². The molecule has 0 spiro atoms. The van der Waals surface area contributed by atoms with Gasteiger partial charge >= 0.3 is 6.18 Å². The second-order valence-electron chi connectivity index (χ2n) is 11.6. The Kier molecular flexibility index (Phi) is 13.2. The van der Waals surface area contributed by atoms with Gasteiger partial charge in [-0.25, -0.2) is 0 Å². The van der Waals surface area contributed by atoms with E-state index in [9.17, 15) is 32.7 Å². The topological polar surface area (TPSA) is 121 Å². The molecule has 0 unspecified atom stereocenters. The summed E-state index contributed by atoms with van der Waals surface area (Å²) < 4.78 is 50.5. The quantitative estimate of drug-likeness (QED) is 0.422. The van der Waals surface area contributed by atoms with Crippen LogP contribution in [0.1, 0.15) is 73.6 Å². The summed E-state index contributed by atoms with van der Waals surface area (Å²) in [5, 5.41) is 12.9. The number of aliphatic hydroxyl groups excluding tert-OH is 1. The molecule has 3 rings (SSSR count). The molecule has 1 aromatic carbocycles. The Morgan fingerprint density at radius 2 is 1.89 bits per heavy atom. The number of carbonyl (C=O) groups excluding carboxylic acids is 3. The highest BCUT2D eigenvalue weighted by molar-refractivity contribution is 6.05. The van der Waals surface area contributed by atoms with Crippen LogP contribution in [0.15, 0.2) is 42.7 Å². The summed E-state index contributed by atoms with van der Waals surface area (Å²) in [6.07, 6.45) is -2.07. The Morgan fingerprint density at radius 1 is 1.18 bits per heavy atom. The third kappa shape index (κ3) is 11.0. The maximum atomic E-state index is 14.2. The minimum atomic E-state index is -4.44. The van der Waals surface area contributed by atoms with Crippen LogP contribution < -0.4 is 10.1 Å². The van der Waals surface area contributed by atoms with E-state index < -0.39 is 43.0 Å². The van der Waals surface area contributed by atoms with Crippen LogP contribution in [0, 0.1) is 5.92 Å². The largest absolute Gasteiger partial charge is 0.490 e. The molecule has 2 N–H and O–H groups in total. The monoisotopic (exact) mass is 636 g/mol. The van der Waals surface area contributed by atoms with Gasteiger partial charge in [0.2, 0.25) is 5.91 Å². The van der Waals surface area contributed by atoms with E-state index in [2.05, 4.69) is 10.3 Å². The van der Waals surface area contributed by atoms with Crippen LogP contribution in [0.25, 0.3) is 0 Å². The molecule has 1 aliphatic rings. The molecule has 0 radical (unpaired) electrons. The first kappa shape index (κ1) is 35.8. The van der Waals surface area contributed by atoms with E-state index in [-0.39, 0.29) is 43.2 Å². The van der Waals surface area contributed by atoms with Gasteiger partial charge < -0.3 is 29.7 Å². The number of likely N-dealkylation sites (N-methyl/N-ethyl adjacent to an activating group) is 1. The summed E-state index contributed by atoms with van der Waals surface area (Å²) in [5.41, 5.74) is 0.945. The van der Waals surface area contributed by atoms with Crippen LogP contribution >= 0.6 is 0 Å². The van der Waals surface area contributed by atoms with Crippen molar-refractivity contribution < 1.29 is 42.1 Å². The molecule has 10 nitrogen and oxygen atoms in total. The molecule has 1 aliphatic heterocycles. The third-order valence-corrected chi connectivity index (χ3v) is 7.75. The molecule has 0 bridgehead atoms. The lowest BCUT2D eigenvalue weighted by Gasteiger charge is -2.36. The average molecular weight is 637 g/mol. The van der Waals surface area contributed by atoms with Crippen LogP contribution in [0.2, 0.25) is 0 Å². The van der Waals surface area contributed by atoms with Crippen molar-refractivity contribution in [3.05, 3.63) is 53.9 Å². The zero-order valence-electron chi connectivity index (χ0n) is 26.2. The van der Waals surface area contributed by atoms with Crippen molar-refractivity contribution >= 4 is 23.4 Å². The fourth-order valence-electron chi connectivity index (χ4n) is 4.98. The van der Waals surface area contributed by atoms with Gasteiger partial charge in [-0.3, -0.25) is 19.4 Å². The maximum absolute atomic E-state index is 14.2. The number of nitrogens with one attached hydrogen (secondary N) is 1. The molecular formula is C32H43F3N4O6. The number of benzene rings is 1. The third-order valence-electron chi connectivity index (χ3n) is 7.75. The Bertz CT molecular complexity index is 1280. The Morgan fingerprint density at radius 3 is 2.56 bits per heavy atom. The van der Waals surface area contributed by atoms with Gasteiger partial charge in [-0.15, -0.1) is 0 Å². The summed E-state index contributed by atoms with van der Waals surface area (Å²) in [4.78, 5) is 46.2. The highest BCUT2D eigenvalue weighted by Crippen LogP contribution is 2.29. The summed E-state index contributed by atoms with van der Waals surface area (Å²) in [6.45, 7) is 5.57. The number of anilines is 1. The second-order valence-corrected chi connectivity index (χ2v) is 11.6. The smallest absolute Gasteiger partial charge is 0.389 e. The number of alkyl halides is 3. The molecule has 2 heterocycles. The van der Waals surface area contributed by atoms with Crippen molar-refractivity contribution in [2.24, 2.45) is 5.92 Å². The first-order valence-electron chi connectivity index (χ1n) is 15.1. The molecule has 13 heteroatoms. The molecule has 4 atom stereocenters. The number of fused-ring (bicyclic) bond motifs is 1. The van der Waals surface area contributed by atoms with Crippen LogP contribution in [-0.4, -0.2) is 95.4 Å². The van der Waals surface area contributed by atoms with Crippen molar-refractivity contribution in [2.75, 3.05) is 38.7 Å². The average Bonchev–Trinajstić information content (AvgIpc) is 3.01. The van der Waals surface area contributed by atoms with Gasteiger partial charge in [0.1, 0.15) is 5.75 Å². The normalized spacial score (nSPS) is 20.8. The first-order valence-corrected chi connectivity index (χ1v) is 15.1. The molecule has 0 saturated heterocycles. The molecule has 3 amide bonds. The summed E-state index contributed by atoms with van der Waals surface area (Å²) >= 11 is 0. The fraction of sp³-hybridized carbons (Fsp3) is 0.562. The lowest BCUT2D eigenvalue weighted by molar-refractivity contribution is -0.149. The molecule has 45 heavy (non-hydrogen) atoms. The van der Waals surface area contributed by atoms with Crippen molar-refractivity contribution in [1.82, 2.24) is 14.8 Å². The number of rotatable bonds is 8. The first-order chi connectivity index (χ1) is 21.3.